The van der Waals surface area contributed by atoms with E-state index in [0.717, 1.165) is 0 Å². The summed E-state index contributed by atoms with van der Waals surface area (Å²) in [6.45, 7) is 4.64. The Kier molecular flexibility index (Phi) is 2.83. The molecule has 0 aromatic rings. The summed E-state index contributed by atoms with van der Waals surface area (Å²) in [5.41, 5.74) is 0.166. The number of carbonyl (C=O) groups is 1. The zero-order valence-corrected chi connectivity index (χ0v) is 4.38. The lowest BCUT2D eigenvalue weighted by molar-refractivity contribution is -0.460. The fourth-order valence-corrected chi connectivity index (χ4v) is 0.105. The average Bonchev–Trinajstić information content (AvgIpc) is 1.67. The lowest BCUT2D eigenvalue weighted by Gasteiger charge is -1.92. The molecule has 0 aromatic carbocycles. The summed E-state index contributed by atoms with van der Waals surface area (Å²) >= 11 is 0. The maximum absolute atomic E-state index is 10.1. The molecule has 0 aliphatic heterocycles. The molecule has 0 aliphatic rings. The van der Waals surface area contributed by atoms with Crippen LogP contribution in [-0.2, 0) is 14.7 Å². The van der Waals surface area contributed by atoms with Crippen LogP contribution < -0.4 is 0 Å². The molecule has 0 unspecified atom stereocenters. The van der Waals surface area contributed by atoms with Gasteiger partial charge in [-0.2, -0.15) is 0 Å². The van der Waals surface area contributed by atoms with E-state index in [9.17, 15) is 4.79 Å². The molecule has 0 amide bonds. The third kappa shape index (κ3) is 2.33. The minimum Gasteiger partial charge on any atom is -0.264 e. The van der Waals surface area contributed by atoms with Gasteiger partial charge in [-0.05, 0) is 12.0 Å². The van der Waals surface area contributed by atoms with E-state index in [1.807, 2.05) is 0 Å². The van der Waals surface area contributed by atoms with Gasteiger partial charge in [0.05, 0.1) is 0 Å². The number of hydrogen-bond acceptors (Lipinski definition) is 4. The highest BCUT2D eigenvalue weighted by Gasteiger charge is 2.01. The molecule has 0 rings (SSSR count). The zero-order valence-electron chi connectivity index (χ0n) is 4.38. The Morgan fingerprint density at radius 2 is 2.25 bits per heavy atom. The quantitative estimate of drug-likeness (QED) is 0.326. The summed E-state index contributed by atoms with van der Waals surface area (Å²) in [4.78, 5) is 13.8. The second-order valence-corrected chi connectivity index (χ2v) is 1.23. The minimum absolute atomic E-state index is 0.166. The van der Waals surface area contributed by atoms with Crippen molar-refractivity contribution in [1.29, 1.82) is 0 Å². The first-order valence-corrected chi connectivity index (χ1v) is 1.86. The van der Waals surface area contributed by atoms with Crippen LogP contribution in [0, 0.1) is 0 Å². The van der Waals surface area contributed by atoms with Crippen molar-refractivity contribution in [3.63, 3.8) is 0 Å². The van der Waals surface area contributed by atoms with Crippen LogP contribution >= 0.6 is 0 Å². The topological polar surface area (TPSA) is 55.8 Å². The van der Waals surface area contributed by atoms with E-state index >= 15 is 0 Å². The van der Waals surface area contributed by atoms with Crippen LogP contribution in [0.1, 0.15) is 6.92 Å². The lowest BCUT2D eigenvalue weighted by atomic mass is 10.4. The van der Waals surface area contributed by atoms with E-state index in [1.165, 1.54) is 6.92 Å². The Morgan fingerprint density at radius 1 is 1.75 bits per heavy atom. The van der Waals surface area contributed by atoms with Crippen LogP contribution in [0.25, 0.3) is 0 Å². The standard InChI is InChI=1S/C4H6O4/c1-3(2)4(5)7-8-6/h6H,1H2,2H3. The van der Waals surface area contributed by atoms with Crippen LogP contribution in [0.2, 0.25) is 0 Å². The van der Waals surface area contributed by atoms with Crippen molar-refractivity contribution in [3.8, 4) is 0 Å². The van der Waals surface area contributed by atoms with Gasteiger partial charge in [0, 0.05) is 5.57 Å². The molecule has 0 spiro atoms. The largest absolute Gasteiger partial charge is 0.371 e. The van der Waals surface area contributed by atoms with Gasteiger partial charge in [0.25, 0.3) is 0 Å². The molecule has 0 aromatic heterocycles. The second kappa shape index (κ2) is 3.17. The molecular formula is C4H6O4. The Hall–Kier alpha value is -0.870. The average molecular weight is 118 g/mol. The Morgan fingerprint density at radius 3 is 2.38 bits per heavy atom. The van der Waals surface area contributed by atoms with E-state index in [4.69, 9.17) is 5.26 Å². The monoisotopic (exact) mass is 118 g/mol. The highest BCUT2D eigenvalue weighted by Crippen LogP contribution is 1.89. The van der Waals surface area contributed by atoms with Crippen molar-refractivity contribution in [2.45, 2.75) is 6.92 Å². The van der Waals surface area contributed by atoms with Crippen molar-refractivity contribution < 1.29 is 20.0 Å². The maximum Gasteiger partial charge on any atom is 0.371 e. The van der Waals surface area contributed by atoms with Crippen molar-refractivity contribution in [1.82, 2.24) is 0 Å². The summed E-state index contributed by atoms with van der Waals surface area (Å²) in [6.07, 6.45) is 0. The molecule has 0 radical (unpaired) electrons. The highest BCUT2D eigenvalue weighted by molar-refractivity contribution is 5.86. The summed E-state index contributed by atoms with van der Waals surface area (Å²) in [7, 11) is 0. The molecular weight excluding hydrogens is 112 g/mol. The molecule has 0 saturated carbocycles. The van der Waals surface area contributed by atoms with Gasteiger partial charge in [-0.15, -0.1) is 0 Å². The fraction of sp³-hybridized carbons (Fsp3) is 0.250. The molecule has 0 saturated heterocycles. The number of rotatable bonds is 2. The smallest absolute Gasteiger partial charge is 0.264 e. The fourth-order valence-electron chi connectivity index (χ4n) is 0.105. The summed E-state index contributed by atoms with van der Waals surface area (Å²) in [5.74, 6) is -0.785. The molecule has 0 heterocycles. The van der Waals surface area contributed by atoms with Gasteiger partial charge in [0.1, 0.15) is 0 Å². The van der Waals surface area contributed by atoms with Crippen molar-refractivity contribution in [2.24, 2.45) is 0 Å². The second-order valence-electron chi connectivity index (χ2n) is 1.23. The van der Waals surface area contributed by atoms with E-state index in [1.54, 1.807) is 0 Å². The van der Waals surface area contributed by atoms with E-state index < -0.39 is 5.97 Å². The highest BCUT2D eigenvalue weighted by atomic mass is 17.5. The van der Waals surface area contributed by atoms with Gasteiger partial charge in [0.2, 0.25) is 0 Å². The molecule has 0 atom stereocenters. The number of carbonyl (C=O) groups excluding carboxylic acids is 1. The third-order valence-corrected chi connectivity index (χ3v) is 0.461. The van der Waals surface area contributed by atoms with Gasteiger partial charge in [-0.1, -0.05) is 6.58 Å². The normalized spacial score (nSPS) is 8.25. The van der Waals surface area contributed by atoms with Crippen LogP contribution in [0.5, 0.6) is 0 Å². The Balaban J connectivity index is 3.49. The van der Waals surface area contributed by atoms with E-state index in [2.05, 4.69) is 16.5 Å². The van der Waals surface area contributed by atoms with Crippen molar-refractivity contribution in [3.05, 3.63) is 12.2 Å². The zero-order chi connectivity index (χ0) is 6.57. The van der Waals surface area contributed by atoms with Gasteiger partial charge in [0.15, 0.2) is 0 Å². The van der Waals surface area contributed by atoms with Crippen molar-refractivity contribution in [2.75, 3.05) is 0 Å². The Bertz CT molecular complexity index is 107. The lowest BCUT2D eigenvalue weighted by Crippen LogP contribution is -2.03. The molecule has 4 heteroatoms. The molecule has 0 fully saturated rings. The molecule has 8 heavy (non-hydrogen) atoms. The summed E-state index contributed by atoms with van der Waals surface area (Å²) < 4.78 is 0. The molecule has 4 nitrogen and oxygen atoms in total. The van der Waals surface area contributed by atoms with E-state index in [-0.39, 0.29) is 5.57 Å². The summed E-state index contributed by atoms with van der Waals surface area (Å²) in [5, 5.41) is 10.6. The molecule has 0 aliphatic carbocycles. The summed E-state index contributed by atoms with van der Waals surface area (Å²) in [6, 6.07) is 0. The van der Waals surface area contributed by atoms with Gasteiger partial charge in [-0.25, -0.2) is 10.1 Å². The molecule has 46 valence electrons. The van der Waals surface area contributed by atoms with Crippen molar-refractivity contribution >= 4 is 5.97 Å². The van der Waals surface area contributed by atoms with E-state index in [0.29, 0.717) is 0 Å². The predicted molar refractivity (Wildman–Crippen MR) is 24.6 cm³/mol. The van der Waals surface area contributed by atoms with Crippen LogP contribution in [0.4, 0.5) is 0 Å². The SMILES string of the molecule is C=C(C)C(=O)OOO. The van der Waals surface area contributed by atoms with Crippen LogP contribution in [0.3, 0.4) is 0 Å². The minimum atomic E-state index is -0.785. The predicted octanol–water partition coefficient (Wildman–Crippen LogP) is 0.510. The van der Waals surface area contributed by atoms with Gasteiger partial charge >= 0.3 is 5.97 Å². The third-order valence-electron chi connectivity index (χ3n) is 0.461. The van der Waals surface area contributed by atoms with Gasteiger partial charge < -0.3 is 0 Å². The number of hydrogen-bond donors (Lipinski definition) is 1. The van der Waals surface area contributed by atoms with Crippen LogP contribution in [-0.4, -0.2) is 11.2 Å². The van der Waals surface area contributed by atoms with Gasteiger partial charge in [-0.3, -0.25) is 4.89 Å². The molecule has 0 bridgehead atoms. The Labute approximate surface area is 46.2 Å². The first kappa shape index (κ1) is 7.13. The maximum atomic E-state index is 10.1. The molecule has 1 N–H and O–H groups in total. The first-order valence-electron chi connectivity index (χ1n) is 1.86. The first-order chi connectivity index (χ1) is 3.68. The van der Waals surface area contributed by atoms with Crippen LogP contribution in [0.15, 0.2) is 12.2 Å².